The Bertz CT molecular complexity index is 1050. The van der Waals surface area contributed by atoms with Crippen LogP contribution in [0.1, 0.15) is 52.3 Å². The Labute approximate surface area is 166 Å². The number of halogens is 1. The number of carbonyl (C=O) groups excluding carboxylic acids is 1. The van der Waals surface area contributed by atoms with Gasteiger partial charge in [-0.2, -0.15) is 5.26 Å². The number of ketones is 1. The summed E-state index contributed by atoms with van der Waals surface area (Å²) < 4.78 is 5.74. The number of hydrogen-bond donors (Lipinski definition) is 1. The molecule has 0 bridgehead atoms. The van der Waals surface area contributed by atoms with Crippen LogP contribution >= 0.6 is 15.9 Å². The maximum atomic E-state index is 13.3. The monoisotopic (exact) mass is 422 g/mol. The number of aromatic nitrogens is 1. The van der Waals surface area contributed by atoms with Crippen molar-refractivity contribution in [3.05, 3.63) is 69.6 Å². The molecule has 2 aromatic rings. The number of rotatable bonds is 3. The van der Waals surface area contributed by atoms with E-state index in [1.54, 1.807) is 6.08 Å². The lowest BCUT2D eigenvalue weighted by Crippen LogP contribution is -2.30. The lowest BCUT2D eigenvalue weighted by molar-refractivity contribution is 0.103. The summed E-state index contributed by atoms with van der Waals surface area (Å²) in [7, 11) is 0. The molecule has 0 radical (unpaired) electrons. The molecule has 5 heteroatoms. The van der Waals surface area contributed by atoms with Gasteiger partial charge in [0.05, 0.1) is 18.2 Å². The number of nitrogens with zero attached hydrogens (tertiary/aromatic N) is 1. The molecule has 0 saturated carbocycles. The van der Waals surface area contributed by atoms with Gasteiger partial charge in [-0.15, -0.1) is 0 Å². The summed E-state index contributed by atoms with van der Waals surface area (Å²) in [5.41, 5.74) is 5.37. The predicted octanol–water partition coefficient (Wildman–Crippen LogP) is 4.68. The Hall–Kier alpha value is -2.58. The summed E-state index contributed by atoms with van der Waals surface area (Å²) in [5.74, 6) is 0.798. The Balaban J connectivity index is 1.89. The first-order valence-electron chi connectivity index (χ1n) is 8.89. The summed E-state index contributed by atoms with van der Waals surface area (Å²) >= 11 is 3.37. The number of carbonyl (C=O) groups is 1. The van der Waals surface area contributed by atoms with Crippen LogP contribution in [0.3, 0.4) is 0 Å². The van der Waals surface area contributed by atoms with Crippen molar-refractivity contribution >= 4 is 27.8 Å². The van der Waals surface area contributed by atoms with Gasteiger partial charge in [-0.3, -0.25) is 4.79 Å². The standard InChI is InChI=1S/C22H19BrN2O2/c1-22(2)17-11-14(27-9-8-23)6-7-15(17)20(26)19-16-5-3-4-13(12-24)10-18(16)25-21(19)22/h3-4,6-7,10-11,25H,5,8-9H2,1-2H3. The number of allylic oxidation sites excluding steroid dienone is 3. The van der Waals surface area contributed by atoms with Crippen molar-refractivity contribution in [2.24, 2.45) is 0 Å². The van der Waals surface area contributed by atoms with E-state index in [-0.39, 0.29) is 11.2 Å². The summed E-state index contributed by atoms with van der Waals surface area (Å²) in [6, 6.07) is 7.89. The van der Waals surface area contributed by atoms with Crippen molar-refractivity contribution in [3.8, 4) is 11.8 Å². The third-order valence-electron chi connectivity index (χ3n) is 5.29. The molecule has 0 spiro atoms. The van der Waals surface area contributed by atoms with Crippen molar-refractivity contribution in [1.29, 1.82) is 5.26 Å². The molecule has 0 saturated heterocycles. The second kappa shape index (κ2) is 6.54. The third-order valence-corrected chi connectivity index (χ3v) is 5.62. The van der Waals surface area contributed by atoms with Crippen LogP contribution in [0, 0.1) is 11.3 Å². The molecular formula is C22H19BrN2O2. The zero-order valence-corrected chi connectivity index (χ0v) is 16.8. The van der Waals surface area contributed by atoms with Crippen LogP contribution in [0.25, 0.3) is 6.08 Å². The van der Waals surface area contributed by atoms with Gasteiger partial charge in [0.25, 0.3) is 0 Å². The number of benzene rings is 1. The van der Waals surface area contributed by atoms with E-state index in [1.807, 2.05) is 30.4 Å². The lowest BCUT2D eigenvalue weighted by Gasteiger charge is -2.32. The first-order valence-corrected chi connectivity index (χ1v) is 10.0. The average molecular weight is 423 g/mol. The van der Waals surface area contributed by atoms with Gasteiger partial charge in [-0.05, 0) is 47.9 Å². The first-order chi connectivity index (χ1) is 13.0. The first kappa shape index (κ1) is 17.8. The second-order valence-corrected chi connectivity index (χ2v) is 8.08. The largest absolute Gasteiger partial charge is 0.493 e. The predicted molar refractivity (Wildman–Crippen MR) is 109 cm³/mol. The number of hydrogen-bond acceptors (Lipinski definition) is 3. The van der Waals surface area contributed by atoms with E-state index in [4.69, 9.17) is 4.74 Å². The van der Waals surface area contributed by atoms with E-state index < -0.39 is 0 Å². The number of aromatic amines is 1. The Kier molecular flexibility index (Phi) is 4.32. The van der Waals surface area contributed by atoms with Gasteiger partial charge in [-0.1, -0.05) is 35.9 Å². The highest BCUT2D eigenvalue weighted by molar-refractivity contribution is 9.09. The number of H-pyrrole nitrogens is 1. The van der Waals surface area contributed by atoms with Crippen molar-refractivity contribution in [2.45, 2.75) is 25.7 Å². The summed E-state index contributed by atoms with van der Waals surface area (Å²) in [5, 5.41) is 10.0. The fourth-order valence-electron chi connectivity index (χ4n) is 3.94. The number of nitriles is 1. The topological polar surface area (TPSA) is 65.9 Å². The fourth-order valence-corrected chi connectivity index (χ4v) is 4.11. The number of fused-ring (bicyclic) bond motifs is 4. The SMILES string of the molecule is CC1(C)c2cc(OCCBr)ccc2C(=O)c2c1[nH]c1c2CC=CC(C#N)=C1. The maximum Gasteiger partial charge on any atom is 0.195 e. The normalized spacial score (nSPS) is 16.5. The molecule has 0 fully saturated rings. The molecule has 0 aliphatic heterocycles. The van der Waals surface area contributed by atoms with Gasteiger partial charge in [0.2, 0.25) is 0 Å². The molecule has 4 rings (SSSR count). The smallest absolute Gasteiger partial charge is 0.195 e. The summed E-state index contributed by atoms with van der Waals surface area (Å²) in [6.07, 6.45) is 6.21. The molecule has 27 heavy (non-hydrogen) atoms. The van der Waals surface area contributed by atoms with E-state index in [2.05, 4.69) is 40.8 Å². The highest BCUT2D eigenvalue weighted by Gasteiger charge is 2.40. The molecule has 0 atom stereocenters. The van der Waals surface area contributed by atoms with Crippen LogP contribution < -0.4 is 4.74 Å². The highest BCUT2D eigenvalue weighted by Crippen LogP contribution is 2.44. The molecule has 1 aromatic carbocycles. The zero-order chi connectivity index (χ0) is 19.2. The Morgan fingerprint density at radius 3 is 2.93 bits per heavy atom. The van der Waals surface area contributed by atoms with E-state index in [0.717, 1.165) is 44.7 Å². The van der Waals surface area contributed by atoms with Crippen LogP contribution in [0.5, 0.6) is 5.75 Å². The molecule has 136 valence electrons. The van der Waals surface area contributed by atoms with Crippen LogP contribution in [-0.2, 0) is 11.8 Å². The average Bonchev–Trinajstić information content (AvgIpc) is 2.91. The number of ether oxygens (including phenoxy) is 1. The molecule has 0 amide bonds. The molecule has 1 N–H and O–H groups in total. The van der Waals surface area contributed by atoms with E-state index in [0.29, 0.717) is 18.6 Å². The van der Waals surface area contributed by atoms with Gasteiger partial charge in [0.15, 0.2) is 5.78 Å². The van der Waals surface area contributed by atoms with Crippen molar-refractivity contribution in [3.63, 3.8) is 0 Å². The van der Waals surface area contributed by atoms with Gasteiger partial charge < -0.3 is 9.72 Å². The van der Waals surface area contributed by atoms with Crippen LogP contribution in [-0.4, -0.2) is 22.7 Å². The molecule has 1 aromatic heterocycles. The lowest BCUT2D eigenvalue weighted by atomic mass is 9.71. The van der Waals surface area contributed by atoms with Gasteiger partial charge >= 0.3 is 0 Å². The molecule has 4 nitrogen and oxygen atoms in total. The van der Waals surface area contributed by atoms with Gasteiger partial charge in [0.1, 0.15) is 5.75 Å². The van der Waals surface area contributed by atoms with Crippen molar-refractivity contribution < 1.29 is 9.53 Å². The van der Waals surface area contributed by atoms with E-state index in [1.165, 1.54) is 0 Å². The van der Waals surface area contributed by atoms with Crippen molar-refractivity contribution in [1.82, 2.24) is 4.98 Å². The number of nitrogens with one attached hydrogen (secondary N) is 1. The number of alkyl halides is 1. The molecule has 2 aliphatic carbocycles. The molecule has 2 aliphatic rings. The van der Waals surface area contributed by atoms with Gasteiger partial charge in [-0.25, -0.2) is 0 Å². The fraction of sp³-hybridized carbons (Fsp3) is 0.273. The second-order valence-electron chi connectivity index (χ2n) is 7.28. The van der Waals surface area contributed by atoms with Crippen LogP contribution in [0.4, 0.5) is 0 Å². The summed E-state index contributed by atoms with van der Waals surface area (Å²) in [6.45, 7) is 4.81. The van der Waals surface area contributed by atoms with Crippen molar-refractivity contribution in [2.75, 3.05) is 11.9 Å². The van der Waals surface area contributed by atoms with Crippen LogP contribution in [0.2, 0.25) is 0 Å². The quantitative estimate of drug-likeness (QED) is 0.730. The van der Waals surface area contributed by atoms with Crippen LogP contribution in [0.15, 0.2) is 35.9 Å². The summed E-state index contributed by atoms with van der Waals surface area (Å²) in [4.78, 5) is 16.8. The minimum atomic E-state index is -0.372. The molecular weight excluding hydrogens is 404 g/mol. The van der Waals surface area contributed by atoms with E-state index >= 15 is 0 Å². The Morgan fingerprint density at radius 1 is 1.37 bits per heavy atom. The molecule has 1 heterocycles. The minimum Gasteiger partial charge on any atom is -0.493 e. The maximum absolute atomic E-state index is 13.3. The highest BCUT2D eigenvalue weighted by atomic mass is 79.9. The van der Waals surface area contributed by atoms with E-state index in [9.17, 15) is 10.1 Å². The third kappa shape index (κ3) is 2.76. The Morgan fingerprint density at radius 2 is 2.19 bits per heavy atom. The zero-order valence-electron chi connectivity index (χ0n) is 15.2. The minimum absolute atomic E-state index is 0.0334. The molecule has 0 unspecified atom stereocenters. The van der Waals surface area contributed by atoms with Gasteiger partial charge in [0, 0.05) is 33.3 Å².